The number of aliphatic carboxylic acids is 1. The molecular formula is C37H52N4O4. The molecular weight excluding hydrogens is 564 g/mol. The van der Waals surface area contributed by atoms with Crippen molar-refractivity contribution in [3.05, 3.63) is 42.5 Å². The third kappa shape index (κ3) is 3.96. The van der Waals surface area contributed by atoms with E-state index in [-0.39, 0.29) is 33.6 Å². The maximum atomic E-state index is 13.4. The Morgan fingerprint density at radius 2 is 1.78 bits per heavy atom. The fourth-order valence-corrected chi connectivity index (χ4v) is 12.0. The Morgan fingerprint density at radius 1 is 1.04 bits per heavy atom. The van der Waals surface area contributed by atoms with E-state index in [0.717, 1.165) is 49.9 Å². The van der Waals surface area contributed by atoms with Gasteiger partial charge in [0, 0.05) is 28.8 Å². The van der Waals surface area contributed by atoms with Gasteiger partial charge in [-0.2, -0.15) is 5.10 Å². The number of aliphatic hydroxyl groups excluding tert-OH is 1. The molecule has 3 saturated carbocycles. The molecule has 11 atom stereocenters. The van der Waals surface area contributed by atoms with Gasteiger partial charge in [-0.05, 0) is 90.6 Å². The molecule has 7 rings (SSSR count). The molecule has 1 aliphatic heterocycles. The number of aromatic nitrogens is 4. The van der Waals surface area contributed by atoms with Crippen LogP contribution in [0.3, 0.4) is 0 Å². The summed E-state index contributed by atoms with van der Waals surface area (Å²) in [6.07, 6.45) is 12.5. The van der Waals surface area contributed by atoms with E-state index in [1.54, 1.807) is 18.7 Å². The second kappa shape index (κ2) is 10.2. The molecule has 1 saturated heterocycles. The number of carboxylic acids is 1. The van der Waals surface area contributed by atoms with Crippen LogP contribution in [-0.2, 0) is 9.53 Å². The summed E-state index contributed by atoms with van der Waals surface area (Å²) in [4.78, 5) is 22.2. The van der Waals surface area contributed by atoms with Crippen molar-refractivity contribution in [2.45, 2.75) is 99.1 Å². The lowest BCUT2D eigenvalue weighted by molar-refractivity contribution is -0.240. The van der Waals surface area contributed by atoms with Crippen molar-refractivity contribution >= 4 is 5.97 Å². The molecule has 0 aromatic carbocycles. The van der Waals surface area contributed by atoms with Crippen LogP contribution in [0.1, 0.15) is 93.0 Å². The molecule has 0 amide bonds. The molecule has 5 aliphatic rings. The normalized spacial score (nSPS) is 44.7. The third-order valence-electron chi connectivity index (χ3n) is 15.0. The topological polar surface area (TPSA) is 110 Å². The molecule has 8 nitrogen and oxygen atoms in total. The Labute approximate surface area is 268 Å². The predicted octanol–water partition coefficient (Wildman–Crippen LogP) is 6.83. The van der Waals surface area contributed by atoms with Gasteiger partial charge in [-0.1, -0.05) is 60.1 Å². The van der Waals surface area contributed by atoms with E-state index in [4.69, 9.17) is 9.84 Å². The number of aliphatic hydroxyl groups is 1. The molecule has 8 heteroatoms. The number of allylic oxidation sites excluding steroid dienone is 1. The number of nitrogens with zero attached hydrogens (tertiary/aromatic N) is 4. The highest BCUT2D eigenvalue weighted by molar-refractivity contribution is 5.73. The van der Waals surface area contributed by atoms with E-state index >= 15 is 0 Å². The van der Waals surface area contributed by atoms with E-state index < -0.39 is 23.4 Å². The number of hydrogen-bond acceptors (Lipinski definition) is 6. The molecule has 4 aliphatic carbocycles. The van der Waals surface area contributed by atoms with Crippen LogP contribution in [-0.4, -0.2) is 55.2 Å². The molecule has 0 spiro atoms. The van der Waals surface area contributed by atoms with Crippen LogP contribution in [0.25, 0.3) is 11.4 Å². The standard InChI is InChI=1S/C37H52N4O4/c1-22(2)23(3)33(4)14-15-35(6)25-8-9-28-34(5)19-45-20-37(28,26(25)10-13-36(35,7)29(33)32(43)44)18-27(30(34)42)41-31(39-21-40-41)24-11-16-38-17-12-24/h10-12,16-17,21-23,25,27-30,42H,8-9,13-15,18-20H2,1-7H3,(H,43,44)/t23-,25+,27-,28+,29-,30+,33-,34+,35-,36+,37+/m1/s1. The number of pyridine rings is 1. The van der Waals surface area contributed by atoms with E-state index in [2.05, 4.69) is 64.5 Å². The van der Waals surface area contributed by atoms with Gasteiger partial charge in [0.1, 0.15) is 6.33 Å². The maximum absolute atomic E-state index is 13.4. The van der Waals surface area contributed by atoms with Crippen molar-refractivity contribution in [2.24, 2.45) is 56.7 Å². The summed E-state index contributed by atoms with van der Waals surface area (Å²) in [6, 6.07) is 3.63. The van der Waals surface area contributed by atoms with Crippen LogP contribution in [0.2, 0.25) is 0 Å². The Balaban J connectivity index is 1.34. The van der Waals surface area contributed by atoms with Crippen molar-refractivity contribution in [2.75, 3.05) is 13.2 Å². The third-order valence-corrected chi connectivity index (χ3v) is 15.0. The van der Waals surface area contributed by atoms with Crippen LogP contribution in [0, 0.1) is 56.7 Å². The maximum Gasteiger partial charge on any atom is 0.307 e. The first-order valence-electron chi connectivity index (χ1n) is 17.2. The van der Waals surface area contributed by atoms with Crippen molar-refractivity contribution < 1.29 is 19.7 Å². The molecule has 4 fully saturated rings. The zero-order valence-electron chi connectivity index (χ0n) is 28.2. The van der Waals surface area contributed by atoms with Crippen LogP contribution >= 0.6 is 0 Å². The van der Waals surface area contributed by atoms with Crippen molar-refractivity contribution in [1.29, 1.82) is 0 Å². The van der Waals surface area contributed by atoms with Crippen LogP contribution in [0.5, 0.6) is 0 Å². The summed E-state index contributed by atoms with van der Waals surface area (Å²) in [5, 5.41) is 27.9. The zero-order chi connectivity index (χ0) is 32.2. The van der Waals surface area contributed by atoms with Gasteiger partial charge < -0.3 is 14.9 Å². The van der Waals surface area contributed by atoms with Gasteiger partial charge in [0.25, 0.3) is 0 Å². The Kier molecular flexibility index (Phi) is 7.04. The van der Waals surface area contributed by atoms with Gasteiger partial charge in [0.05, 0.1) is 31.3 Å². The smallest absolute Gasteiger partial charge is 0.307 e. The lowest BCUT2D eigenvalue weighted by atomic mass is 9.34. The number of hydrogen-bond donors (Lipinski definition) is 2. The van der Waals surface area contributed by atoms with Crippen molar-refractivity contribution in [1.82, 2.24) is 19.7 Å². The summed E-state index contributed by atoms with van der Waals surface area (Å²) in [5.41, 5.74) is 0.955. The molecule has 2 bridgehead atoms. The van der Waals surface area contributed by atoms with Crippen molar-refractivity contribution in [3.63, 3.8) is 0 Å². The van der Waals surface area contributed by atoms with Crippen LogP contribution < -0.4 is 0 Å². The first-order valence-corrected chi connectivity index (χ1v) is 17.2. The molecule has 2 aromatic rings. The molecule has 0 unspecified atom stereocenters. The highest BCUT2D eigenvalue weighted by Crippen LogP contribution is 2.75. The molecule has 2 N–H and O–H groups in total. The average Bonchev–Trinajstić information content (AvgIpc) is 3.49. The second-order valence-electron chi connectivity index (χ2n) is 16.8. The summed E-state index contributed by atoms with van der Waals surface area (Å²) < 4.78 is 8.45. The van der Waals surface area contributed by atoms with Gasteiger partial charge in [0.15, 0.2) is 5.82 Å². The lowest BCUT2D eigenvalue weighted by Crippen LogP contribution is -2.68. The summed E-state index contributed by atoms with van der Waals surface area (Å²) in [6.45, 7) is 17.1. The first kappa shape index (κ1) is 31.0. The summed E-state index contributed by atoms with van der Waals surface area (Å²) in [5.74, 6) is 1.00. The second-order valence-corrected chi connectivity index (χ2v) is 16.8. The quantitative estimate of drug-likeness (QED) is 0.354. The molecule has 2 aromatic heterocycles. The largest absolute Gasteiger partial charge is 0.481 e. The SMILES string of the molecule is CC(C)[C@@H](C)[C@@]1(C)CC[C@]2(C)[C@H]3CC[C@@H]4[C@@]5(COC[C@]4(C)[C@@H](O)[C@H](n4ncnc4-c4ccncc4)C5)C3=CC[C@@]2(C)[C@@H]1C(=O)O. The minimum atomic E-state index is -0.635. The lowest BCUT2D eigenvalue weighted by Gasteiger charge is -2.71. The first-order chi connectivity index (χ1) is 21.2. The van der Waals surface area contributed by atoms with Crippen molar-refractivity contribution in [3.8, 4) is 11.4 Å². The van der Waals surface area contributed by atoms with Gasteiger partial charge >= 0.3 is 5.97 Å². The summed E-state index contributed by atoms with van der Waals surface area (Å²) in [7, 11) is 0. The van der Waals surface area contributed by atoms with Gasteiger partial charge in [-0.3, -0.25) is 9.78 Å². The molecule has 45 heavy (non-hydrogen) atoms. The van der Waals surface area contributed by atoms with E-state index in [1.165, 1.54) is 5.57 Å². The van der Waals surface area contributed by atoms with Gasteiger partial charge in [0.2, 0.25) is 0 Å². The highest BCUT2D eigenvalue weighted by atomic mass is 16.5. The van der Waals surface area contributed by atoms with E-state index in [0.29, 0.717) is 31.0 Å². The van der Waals surface area contributed by atoms with Crippen LogP contribution in [0.4, 0.5) is 0 Å². The van der Waals surface area contributed by atoms with E-state index in [9.17, 15) is 15.0 Å². The summed E-state index contributed by atoms with van der Waals surface area (Å²) >= 11 is 0. The number of fused-ring (bicyclic) bond motifs is 3. The Hall–Kier alpha value is -2.58. The number of carboxylic acid groups (broad SMARTS) is 1. The zero-order valence-corrected chi connectivity index (χ0v) is 28.2. The predicted molar refractivity (Wildman–Crippen MR) is 172 cm³/mol. The molecule has 244 valence electrons. The Bertz CT molecular complexity index is 1510. The highest BCUT2D eigenvalue weighted by Gasteiger charge is 2.71. The van der Waals surface area contributed by atoms with Crippen LogP contribution in [0.15, 0.2) is 42.5 Å². The number of ether oxygens (including phenoxy) is 1. The Morgan fingerprint density at radius 3 is 2.47 bits per heavy atom. The molecule has 3 heterocycles. The fourth-order valence-electron chi connectivity index (χ4n) is 12.0. The van der Waals surface area contributed by atoms with E-state index in [1.807, 2.05) is 16.8 Å². The minimum absolute atomic E-state index is 0.148. The van der Waals surface area contributed by atoms with Gasteiger partial charge in [-0.25, -0.2) is 9.67 Å². The van der Waals surface area contributed by atoms with Gasteiger partial charge in [-0.15, -0.1) is 0 Å². The number of rotatable bonds is 5. The molecule has 0 radical (unpaired) electrons. The minimum Gasteiger partial charge on any atom is -0.481 e. The fraction of sp³-hybridized carbons (Fsp3) is 0.730. The number of carbonyl (C=O) groups is 1. The average molecular weight is 617 g/mol. The monoisotopic (exact) mass is 616 g/mol.